The smallest absolute Gasteiger partial charge is 0.197 e. The van der Waals surface area contributed by atoms with Gasteiger partial charge in [-0.15, -0.1) is 0 Å². The lowest BCUT2D eigenvalue weighted by molar-refractivity contribution is 1.48. The van der Waals surface area contributed by atoms with Crippen molar-refractivity contribution in [2.75, 3.05) is 0 Å². The van der Waals surface area contributed by atoms with Gasteiger partial charge in [0.05, 0.1) is 0 Å². The molecule has 0 saturated carbocycles. The van der Waals surface area contributed by atoms with Crippen molar-refractivity contribution in [3.63, 3.8) is 0 Å². The summed E-state index contributed by atoms with van der Waals surface area (Å²) in [5.41, 5.74) is 1.88. The molecular weight excluding hydrogens is 222 g/mol. The maximum atomic E-state index is 12.1. The molecule has 2 aromatic carbocycles. The third kappa shape index (κ3) is 2.28. The average Bonchev–Trinajstić information content (AvgIpc) is 2.52. The van der Waals surface area contributed by atoms with E-state index in [9.17, 15) is 4.79 Å². The molecule has 2 nitrogen and oxygen atoms in total. The largest absolute Gasteiger partial charge is 0.354 e. The zero-order chi connectivity index (χ0) is 14.3. The second-order valence-electron chi connectivity index (χ2n) is 3.55. The fraction of sp³-hybridized carbons (Fsp3) is 0.188. The van der Waals surface area contributed by atoms with Gasteiger partial charge in [0.1, 0.15) is 0 Å². The van der Waals surface area contributed by atoms with E-state index in [0.717, 1.165) is 21.8 Å². The van der Waals surface area contributed by atoms with Gasteiger partial charge in [0, 0.05) is 23.2 Å². The number of hydrogen-bond donors (Lipinski definition) is 1. The first-order chi connectivity index (χ1) is 9.36. The van der Waals surface area contributed by atoms with E-state index in [1.165, 1.54) is 7.40 Å². The van der Waals surface area contributed by atoms with Crippen molar-refractivity contribution in [3.8, 4) is 0 Å². The van der Waals surface area contributed by atoms with Crippen LogP contribution in [0, 0.1) is 0 Å². The highest BCUT2D eigenvalue weighted by atomic mass is 16.1. The minimum atomic E-state index is 0.0972. The van der Waals surface area contributed by atoms with Crippen LogP contribution in [0.1, 0.15) is 22.6 Å². The number of rotatable bonds is 0. The van der Waals surface area contributed by atoms with Crippen LogP contribution in [0.5, 0.6) is 0 Å². The van der Waals surface area contributed by atoms with E-state index in [2.05, 4.69) is 4.98 Å². The molecule has 0 fully saturated rings. The van der Waals surface area contributed by atoms with Crippen LogP contribution in [0.4, 0.5) is 0 Å². The first-order valence-corrected chi connectivity index (χ1v) is 5.86. The van der Waals surface area contributed by atoms with Gasteiger partial charge in [-0.3, -0.25) is 4.79 Å². The van der Waals surface area contributed by atoms with E-state index in [1.54, 1.807) is 0 Å². The van der Waals surface area contributed by atoms with Crippen molar-refractivity contribution in [2.45, 2.75) is 21.3 Å². The van der Waals surface area contributed by atoms with E-state index in [1.807, 2.05) is 62.4 Å². The molecule has 0 spiro atoms. The van der Waals surface area contributed by atoms with Gasteiger partial charge in [0.15, 0.2) is 5.43 Å². The SMILES string of the molecule is CC.O=c1c2ccccc2[nH]c2ccccc12.[2H]C. The Bertz CT molecular complexity index is 647. The summed E-state index contributed by atoms with van der Waals surface area (Å²) in [7, 11) is 1.25. The van der Waals surface area contributed by atoms with E-state index in [-0.39, 0.29) is 5.43 Å². The molecule has 0 atom stereocenters. The minimum Gasteiger partial charge on any atom is -0.354 e. The molecule has 1 heterocycles. The van der Waals surface area contributed by atoms with Gasteiger partial charge >= 0.3 is 0 Å². The molecule has 0 aliphatic rings. The van der Waals surface area contributed by atoms with E-state index in [4.69, 9.17) is 1.37 Å². The molecule has 94 valence electrons. The quantitative estimate of drug-likeness (QED) is 0.584. The number of benzene rings is 2. The maximum Gasteiger partial charge on any atom is 0.197 e. The third-order valence-electron chi connectivity index (χ3n) is 2.61. The summed E-state index contributed by atoms with van der Waals surface area (Å²) >= 11 is 0. The molecule has 0 radical (unpaired) electrons. The number of para-hydroxylation sites is 2. The average molecular weight is 242 g/mol. The zero-order valence-electron chi connectivity index (χ0n) is 12.0. The van der Waals surface area contributed by atoms with Gasteiger partial charge < -0.3 is 4.98 Å². The topological polar surface area (TPSA) is 32.9 Å². The highest BCUT2D eigenvalue weighted by Gasteiger charge is 2.02. The third-order valence-corrected chi connectivity index (χ3v) is 2.61. The summed E-state index contributed by atoms with van der Waals surface area (Å²) < 4.78 is 5.75. The normalized spacial score (nSPS) is 9.83. The molecule has 0 amide bonds. The molecule has 18 heavy (non-hydrogen) atoms. The Hall–Kier alpha value is -2.09. The van der Waals surface area contributed by atoms with Crippen LogP contribution in [-0.4, -0.2) is 4.98 Å². The summed E-state index contributed by atoms with van der Waals surface area (Å²) in [4.78, 5) is 15.3. The predicted molar refractivity (Wildman–Crippen MR) is 80.2 cm³/mol. The van der Waals surface area contributed by atoms with Crippen LogP contribution in [0.3, 0.4) is 0 Å². The van der Waals surface area contributed by atoms with E-state index >= 15 is 0 Å². The number of H-pyrrole nitrogens is 1. The van der Waals surface area contributed by atoms with Gasteiger partial charge in [0.25, 0.3) is 0 Å². The van der Waals surface area contributed by atoms with Gasteiger partial charge in [-0.25, -0.2) is 0 Å². The Morgan fingerprint density at radius 3 is 1.72 bits per heavy atom. The molecular formula is C16H19NO. The maximum absolute atomic E-state index is 12.1. The molecule has 0 saturated heterocycles. The Morgan fingerprint density at radius 1 is 0.889 bits per heavy atom. The van der Waals surface area contributed by atoms with Gasteiger partial charge in [-0.05, 0) is 24.3 Å². The standard InChI is InChI=1S/C13H9NO.C2H6.CH4/c15-13-9-5-1-3-7-11(9)14-12-8-4-2-6-10(12)13;1-2;/h1-8H,(H,14,15);1-2H3;1H4/i;;1D. The number of nitrogens with one attached hydrogen (secondary N) is 1. The van der Waals surface area contributed by atoms with Crippen LogP contribution in [0.2, 0.25) is 0 Å². The molecule has 3 rings (SSSR count). The zero-order valence-corrected chi connectivity index (χ0v) is 11.0. The number of fused-ring (bicyclic) bond motifs is 2. The summed E-state index contributed by atoms with van der Waals surface area (Å²) in [5, 5.41) is 1.49. The lowest BCUT2D eigenvalue weighted by atomic mass is 10.1. The minimum absolute atomic E-state index is 0.0972. The fourth-order valence-corrected chi connectivity index (χ4v) is 1.87. The Balaban J connectivity index is 0.000000415. The van der Waals surface area contributed by atoms with E-state index < -0.39 is 0 Å². The number of hydrogen-bond acceptors (Lipinski definition) is 1. The van der Waals surface area contributed by atoms with Gasteiger partial charge in [0.2, 0.25) is 0 Å². The van der Waals surface area contributed by atoms with Crippen LogP contribution in [0.15, 0.2) is 53.3 Å². The lowest BCUT2D eigenvalue weighted by Crippen LogP contribution is -2.03. The Morgan fingerprint density at radius 2 is 1.28 bits per heavy atom. The van der Waals surface area contributed by atoms with Crippen molar-refractivity contribution in [1.82, 2.24) is 4.98 Å². The summed E-state index contributed by atoms with van der Waals surface area (Å²) in [6, 6.07) is 15.1. The predicted octanol–water partition coefficient (Wildman–Crippen LogP) is 4.34. The van der Waals surface area contributed by atoms with Crippen LogP contribution in [0.25, 0.3) is 21.8 Å². The number of aromatic amines is 1. The van der Waals surface area contributed by atoms with E-state index in [0.29, 0.717) is 0 Å². The Labute approximate surface area is 109 Å². The Kier molecular flexibility index (Phi) is 4.13. The fourth-order valence-electron chi connectivity index (χ4n) is 1.87. The summed E-state index contributed by atoms with van der Waals surface area (Å²) in [5.74, 6) is 0. The van der Waals surface area contributed by atoms with Crippen molar-refractivity contribution in [3.05, 3.63) is 58.8 Å². The van der Waals surface area contributed by atoms with Crippen molar-refractivity contribution in [2.24, 2.45) is 0 Å². The molecule has 0 unspecified atom stereocenters. The first-order valence-electron chi connectivity index (χ1n) is 6.86. The van der Waals surface area contributed by atoms with Gasteiger partial charge in [-0.1, -0.05) is 45.5 Å². The second kappa shape index (κ2) is 6.01. The monoisotopic (exact) mass is 242 g/mol. The van der Waals surface area contributed by atoms with Gasteiger partial charge in [-0.2, -0.15) is 0 Å². The van der Waals surface area contributed by atoms with Crippen molar-refractivity contribution < 1.29 is 1.37 Å². The molecule has 2 heteroatoms. The molecule has 1 aromatic heterocycles. The second-order valence-corrected chi connectivity index (χ2v) is 3.55. The number of pyridine rings is 1. The summed E-state index contributed by atoms with van der Waals surface area (Å²) in [6.45, 7) is 4.00. The van der Waals surface area contributed by atoms with Crippen LogP contribution < -0.4 is 5.43 Å². The molecule has 3 aromatic rings. The lowest BCUT2D eigenvalue weighted by Gasteiger charge is -2.01. The molecule has 1 N–H and O–H groups in total. The highest BCUT2D eigenvalue weighted by Crippen LogP contribution is 2.13. The first kappa shape index (κ1) is 12.4. The van der Waals surface area contributed by atoms with Crippen molar-refractivity contribution in [1.29, 1.82) is 0 Å². The molecule has 0 bridgehead atoms. The van der Waals surface area contributed by atoms with Crippen molar-refractivity contribution >= 4 is 21.8 Å². The highest BCUT2D eigenvalue weighted by molar-refractivity contribution is 5.92. The molecule has 0 aliphatic heterocycles. The number of aromatic nitrogens is 1. The molecule has 0 aliphatic carbocycles. The van der Waals surface area contributed by atoms with Crippen LogP contribution in [-0.2, 0) is 0 Å². The summed E-state index contributed by atoms with van der Waals surface area (Å²) in [6.07, 6.45) is 0. The van der Waals surface area contributed by atoms with Crippen LogP contribution >= 0.6 is 0 Å².